The van der Waals surface area contributed by atoms with Gasteiger partial charge >= 0.3 is 0 Å². The third kappa shape index (κ3) is 4.06. The monoisotopic (exact) mass is 289 g/mol. The first-order valence-electron chi connectivity index (χ1n) is 6.72. The molecule has 0 radical (unpaired) electrons. The van der Waals surface area contributed by atoms with Crippen LogP contribution in [0.15, 0.2) is 34.9 Å². The Morgan fingerprint density at radius 1 is 1.43 bits per heavy atom. The van der Waals surface area contributed by atoms with E-state index in [9.17, 15) is 9.90 Å². The largest absolute Gasteiger partial charge is 0.508 e. The molecule has 0 bridgehead atoms. The van der Waals surface area contributed by atoms with Crippen molar-refractivity contribution in [2.45, 2.75) is 32.4 Å². The van der Waals surface area contributed by atoms with Gasteiger partial charge in [0.2, 0.25) is 11.8 Å². The van der Waals surface area contributed by atoms with Crippen LogP contribution < -0.4 is 11.1 Å². The summed E-state index contributed by atoms with van der Waals surface area (Å²) in [4.78, 5) is 16.1. The molecule has 112 valence electrons. The van der Waals surface area contributed by atoms with Gasteiger partial charge in [0.15, 0.2) is 0 Å². The van der Waals surface area contributed by atoms with Gasteiger partial charge in [-0.3, -0.25) is 4.79 Å². The zero-order valence-electron chi connectivity index (χ0n) is 12.0. The molecule has 2 rings (SSSR count). The lowest BCUT2D eigenvalue weighted by atomic mass is 10.1. The fourth-order valence-electron chi connectivity index (χ4n) is 1.93. The van der Waals surface area contributed by atoms with Crippen LogP contribution in [0, 0.1) is 6.92 Å². The van der Waals surface area contributed by atoms with Gasteiger partial charge in [0.05, 0.1) is 12.2 Å². The smallest absolute Gasteiger partial charge is 0.237 e. The van der Waals surface area contributed by atoms with E-state index in [4.69, 9.17) is 10.2 Å². The second-order valence-electron chi connectivity index (χ2n) is 5.02. The number of hydrogen-bond acceptors (Lipinski definition) is 5. The highest BCUT2D eigenvalue weighted by molar-refractivity contribution is 5.82. The van der Waals surface area contributed by atoms with Gasteiger partial charge < -0.3 is 20.6 Å². The van der Waals surface area contributed by atoms with Gasteiger partial charge in [-0.2, -0.15) is 0 Å². The van der Waals surface area contributed by atoms with Crippen molar-refractivity contribution in [1.29, 1.82) is 0 Å². The first-order chi connectivity index (χ1) is 9.95. The summed E-state index contributed by atoms with van der Waals surface area (Å²) in [5.74, 6) is 1.06. The van der Waals surface area contributed by atoms with Crippen LogP contribution in [-0.4, -0.2) is 22.0 Å². The Kier molecular flexibility index (Phi) is 4.59. The summed E-state index contributed by atoms with van der Waals surface area (Å²) < 4.78 is 5.36. The third-order valence-electron chi connectivity index (χ3n) is 3.10. The van der Waals surface area contributed by atoms with E-state index in [-0.39, 0.29) is 17.7 Å². The zero-order valence-corrected chi connectivity index (χ0v) is 12.0. The van der Waals surface area contributed by atoms with Crippen molar-refractivity contribution in [2.24, 2.45) is 5.73 Å². The average Bonchev–Trinajstić information content (AvgIpc) is 2.88. The van der Waals surface area contributed by atoms with E-state index in [0.29, 0.717) is 18.1 Å². The van der Waals surface area contributed by atoms with E-state index in [0.717, 1.165) is 5.56 Å². The number of phenols is 1. The van der Waals surface area contributed by atoms with Crippen LogP contribution in [0.2, 0.25) is 0 Å². The number of oxazole rings is 1. The number of aromatic hydroxyl groups is 1. The number of aromatic nitrogens is 1. The quantitative estimate of drug-likeness (QED) is 0.773. The molecule has 1 aromatic carbocycles. The minimum absolute atomic E-state index is 0.185. The Hall–Kier alpha value is -2.34. The van der Waals surface area contributed by atoms with Crippen molar-refractivity contribution in [3.05, 3.63) is 47.7 Å². The molecule has 1 heterocycles. The number of amides is 1. The number of nitrogens with one attached hydrogen (secondary N) is 1. The number of phenolic OH excluding ortho intramolecular Hbond substituents is 1. The predicted molar refractivity (Wildman–Crippen MR) is 77.6 cm³/mol. The summed E-state index contributed by atoms with van der Waals surface area (Å²) >= 11 is 0. The van der Waals surface area contributed by atoms with Crippen molar-refractivity contribution in [3.8, 4) is 5.75 Å². The maximum absolute atomic E-state index is 12.0. The second kappa shape index (κ2) is 6.41. The first-order valence-corrected chi connectivity index (χ1v) is 6.72. The van der Waals surface area contributed by atoms with E-state index in [1.807, 2.05) is 0 Å². The molecule has 2 unspecified atom stereocenters. The maximum atomic E-state index is 12.0. The Bertz CT molecular complexity index is 607. The first kappa shape index (κ1) is 15.1. The van der Waals surface area contributed by atoms with Crippen LogP contribution in [0.3, 0.4) is 0 Å². The van der Waals surface area contributed by atoms with Crippen molar-refractivity contribution in [2.75, 3.05) is 0 Å². The molecule has 0 aliphatic rings. The van der Waals surface area contributed by atoms with Gasteiger partial charge in [-0.25, -0.2) is 4.98 Å². The molecule has 0 saturated carbocycles. The predicted octanol–water partition coefficient (Wildman–Crippen LogP) is 1.44. The van der Waals surface area contributed by atoms with Gasteiger partial charge in [-0.1, -0.05) is 12.1 Å². The van der Waals surface area contributed by atoms with Crippen molar-refractivity contribution in [3.63, 3.8) is 0 Å². The Labute approximate surface area is 123 Å². The fourth-order valence-corrected chi connectivity index (χ4v) is 1.93. The highest BCUT2D eigenvalue weighted by Gasteiger charge is 2.19. The molecule has 2 aromatic rings. The number of aryl methyl sites for hydroxylation is 1. The Morgan fingerprint density at radius 2 is 2.10 bits per heavy atom. The zero-order chi connectivity index (χ0) is 15.4. The van der Waals surface area contributed by atoms with Gasteiger partial charge in [0.25, 0.3) is 0 Å². The highest BCUT2D eigenvalue weighted by atomic mass is 16.4. The topological polar surface area (TPSA) is 101 Å². The Morgan fingerprint density at radius 3 is 2.67 bits per heavy atom. The molecule has 0 aliphatic carbocycles. The van der Waals surface area contributed by atoms with Crippen molar-refractivity contribution in [1.82, 2.24) is 10.3 Å². The van der Waals surface area contributed by atoms with Crippen LogP contribution in [-0.2, 0) is 11.2 Å². The van der Waals surface area contributed by atoms with E-state index in [1.165, 1.54) is 0 Å². The summed E-state index contributed by atoms with van der Waals surface area (Å²) in [5.41, 5.74) is 6.78. The lowest BCUT2D eigenvalue weighted by Crippen LogP contribution is -2.43. The van der Waals surface area contributed by atoms with Crippen LogP contribution in [0.1, 0.15) is 30.2 Å². The molecule has 4 N–H and O–H groups in total. The van der Waals surface area contributed by atoms with Gasteiger partial charge in [0.1, 0.15) is 17.6 Å². The van der Waals surface area contributed by atoms with Gasteiger partial charge in [-0.15, -0.1) is 0 Å². The molecular weight excluding hydrogens is 270 g/mol. The highest BCUT2D eigenvalue weighted by Crippen LogP contribution is 2.13. The summed E-state index contributed by atoms with van der Waals surface area (Å²) in [5, 5.41) is 12.0. The molecule has 1 amide bonds. The number of rotatable bonds is 5. The van der Waals surface area contributed by atoms with Crippen molar-refractivity contribution >= 4 is 5.91 Å². The number of hydrogen-bond donors (Lipinski definition) is 3. The van der Waals surface area contributed by atoms with Gasteiger partial charge in [-0.05, 0) is 38.0 Å². The molecule has 0 spiro atoms. The minimum Gasteiger partial charge on any atom is -0.508 e. The summed E-state index contributed by atoms with van der Waals surface area (Å²) in [6, 6.07) is 5.60. The van der Waals surface area contributed by atoms with Crippen LogP contribution in [0.4, 0.5) is 0 Å². The number of carbonyl (C=O) groups excluding carboxylic acids is 1. The fraction of sp³-hybridized carbons (Fsp3) is 0.333. The number of carbonyl (C=O) groups is 1. The minimum atomic E-state index is -0.673. The van der Waals surface area contributed by atoms with Crippen LogP contribution in [0.25, 0.3) is 0 Å². The molecule has 1 aromatic heterocycles. The number of nitrogens with zero attached hydrogens (tertiary/aromatic N) is 1. The molecule has 6 heteroatoms. The van der Waals surface area contributed by atoms with E-state index >= 15 is 0 Å². The molecule has 6 nitrogen and oxygen atoms in total. The van der Waals surface area contributed by atoms with Crippen LogP contribution in [0.5, 0.6) is 5.75 Å². The average molecular weight is 289 g/mol. The van der Waals surface area contributed by atoms with E-state index in [2.05, 4.69) is 10.3 Å². The molecular formula is C15H19N3O3. The summed E-state index contributed by atoms with van der Waals surface area (Å²) in [6.45, 7) is 3.58. The third-order valence-corrected chi connectivity index (χ3v) is 3.10. The number of benzene rings is 1. The molecule has 21 heavy (non-hydrogen) atoms. The van der Waals surface area contributed by atoms with Crippen molar-refractivity contribution < 1.29 is 14.3 Å². The summed E-state index contributed by atoms with van der Waals surface area (Å²) in [7, 11) is 0. The molecule has 2 atom stereocenters. The summed E-state index contributed by atoms with van der Waals surface area (Å²) in [6.07, 6.45) is 2.00. The standard InChI is InChI=1S/C15H19N3O3/c1-9-8-17-15(21-9)10(2)18-14(20)13(16)7-11-3-5-12(19)6-4-11/h3-6,8,10,13,19H,7,16H2,1-2H3,(H,18,20). The van der Waals surface area contributed by atoms with Gasteiger partial charge in [0, 0.05) is 0 Å². The second-order valence-corrected chi connectivity index (χ2v) is 5.02. The molecule has 0 fully saturated rings. The Balaban J connectivity index is 1.91. The number of nitrogens with two attached hydrogens (primary N) is 1. The maximum Gasteiger partial charge on any atom is 0.237 e. The lowest BCUT2D eigenvalue weighted by molar-refractivity contribution is -0.123. The van der Waals surface area contributed by atoms with E-state index < -0.39 is 6.04 Å². The van der Waals surface area contributed by atoms with Crippen LogP contribution >= 0.6 is 0 Å². The molecule has 0 aliphatic heterocycles. The molecule has 0 saturated heterocycles. The van der Waals surface area contributed by atoms with E-state index in [1.54, 1.807) is 44.3 Å². The normalized spacial score (nSPS) is 13.7. The SMILES string of the molecule is Cc1cnc(C(C)NC(=O)C(N)Cc2ccc(O)cc2)o1. The lowest BCUT2D eigenvalue weighted by Gasteiger charge is -2.15.